The zero-order valence-corrected chi connectivity index (χ0v) is 16.7. The molecule has 0 saturated heterocycles. The number of unbranched alkanes of at least 4 members (excludes halogenated alkanes) is 1. The number of nitro groups is 1. The Labute approximate surface area is 179 Å². The number of amides is 1. The maximum Gasteiger partial charge on any atom is 0.366 e. The molecule has 31 heavy (non-hydrogen) atoms. The van der Waals surface area contributed by atoms with E-state index >= 15 is 0 Å². The summed E-state index contributed by atoms with van der Waals surface area (Å²) < 4.78 is 11.6. The topological polar surface area (TPSA) is 94.8 Å². The van der Waals surface area contributed by atoms with Crippen LogP contribution in [0.2, 0.25) is 0 Å². The number of carbonyl (C=O) groups is 1. The fourth-order valence-electron chi connectivity index (χ4n) is 3.37. The van der Waals surface area contributed by atoms with Crippen LogP contribution in [-0.4, -0.2) is 29.0 Å². The van der Waals surface area contributed by atoms with E-state index in [9.17, 15) is 14.9 Å². The first kappa shape index (κ1) is 20.3. The van der Waals surface area contributed by atoms with Gasteiger partial charge in [0.15, 0.2) is 5.75 Å². The third-order valence-corrected chi connectivity index (χ3v) is 4.89. The van der Waals surface area contributed by atoms with Crippen LogP contribution >= 0.6 is 0 Å². The Morgan fingerprint density at radius 2 is 1.71 bits per heavy atom. The third-order valence-electron chi connectivity index (χ3n) is 4.89. The summed E-state index contributed by atoms with van der Waals surface area (Å²) in [6, 6.07) is 21.4. The second-order valence-corrected chi connectivity index (χ2v) is 7.02. The number of para-hydroxylation sites is 1. The lowest BCUT2D eigenvalue weighted by molar-refractivity contribution is -0.389. The summed E-state index contributed by atoms with van der Waals surface area (Å²) in [7, 11) is 0. The minimum Gasteiger partial charge on any atom is -0.494 e. The number of fused-ring (bicyclic) bond motifs is 1. The maximum atomic E-state index is 13.2. The number of rotatable bonds is 8. The number of pyridine rings is 1. The molecule has 1 aromatic heterocycles. The first-order valence-corrected chi connectivity index (χ1v) is 10.00. The van der Waals surface area contributed by atoms with Crippen molar-refractivity contribution in [2.75, 3.05) is 18.1 Å². The SMILES string of the molecule is O=C1C(c2ccccc2)Oc2ccc([N+](=O)[O-])nc2N1CCCCOc1ccccc1. The van der Waals surface area contributed by atoms with Gasteiger partial charge in [-0.15, -0.1) is 0 Å². The van der Waals surface area contributed by atoms with Gasteiger partial charge in [0, 0.05) is 18.2 Å². The fourth-order valence-corrected chi connectivity index (χ4v) is 3.37. The van der Waals surface area contributed by atoms with Crippen LogP contribution in [0.5, 0.6) is 11.5 Å². The zero-order chi connectivity index (χ0) is 21.6. The molecule has 1 aliphatic rings. The first-order chi connectivity index (χ1) is 15.1. The fraction of sp³-hybridized carbons (Fsp3) is 0.217. The van der Waals surface area contributed by atoms with Gasteiger partial charge in [-0.3, -0.25) is 9.69 Å². The van der Waals surface area contributed by atoms with Gasteiger partial charge in [-0.05, 0) is 40.9 Å². The van der Waals surface area contributed by atoms with Gasteiger partial charge in [0.25, 0.3) is 11.7 Å². The Morgan fingerprint density at radius 1 is 1.00 bits per heavy atom. The second-order valence-electron chi connectivity index (χ2n) is 7.02. The molecule has 1 aliphatic heterocycles. The smallest absolute Gasteiger partial charge is 0.366 e. The third kappa shape index (κ3) is 4.63. The normalized spacial score (nSPS) is 15.2. The molecule has 0 bridgehead atoms. The average Bonchev–Trinajstić information content (AvgIpc) is 2.80. The molecule has 8 heteroatoms. The number of ether oxygens (including phenoxy) is 2. The van der Waals surface area contributed by atoms with Gasteiger partial charge in [-0.2, -0.15) is 0 Å². The van der Waals surface area contributed by atoms with E-state index in [1.54, 1.807) is 0 Å². The molecule has 2 heterocycles. The minimum absolute atomic E-state index is 0.176. The van der Waals surface area contributed by atoms with Crippen LogP contribution in [0.25, 0.3) is 0 Å². The number of nitrogens with zero attached hydrogens (tertiary/aromatic N) is 3. The molecule has 0 spiro atoms. The quantitative estimate of drug-likeness (QED) is 0.307. The van der Waals surface area contributed by atoms with Gasteiger partial charge in [-0.25, -0.2) is 0 Å². The predicted octanol–water partition coefficient (Wildman–Crippen LogP) is 4.32. The lowest BCUT2D eigenvalue weighted by atomic mass is 10.1. The van der Waals surface area contributed by atoms with Crippen LogP contribution in [0.15, 0.2) is 72.8 Å². The number of carbonyl (C=O) groups excluding carboxylic acids is 1. The molecule has 0 saturated carbocycles. The maximum absolute atomic E-state index is 13.2. The lowest BCUT2D eigenvalue weighted by Gasteiger charge is -2.31. The molecule has 158 valence electrons. The van der Waals surface area contributed by atoms with Crippen molar-refractivity contribution < 1.29 is 19.2 Å². The van der Waals surface area contributed by atoms with Crippen LogP contribution < -0.4 is 14.4 Å². The number of hydrogen-bond acceptors (Lipinski definition) is 6. The van der Waals surface area contributed by atoms with Crippen molar-refractivity contribution in [3.05, 3.63) is 88.5 Å². The molecular weight excluding hydrogens is 398 g/mol. The molecule has 1 atom stereocenters. The lowest BCUT2D eigenvalue weighted by Crippen LogP contribution is -2.42. The van der Waals surface area contributed by atoms with E-state index < -0.39 is 11.0 Å². The Bertz CT molecular complexity index is 1060. The van der Waals surface area contributed by atoms with Gasteiger partial charge < -0.3 is 19.6 Å². The molecule has 1 unspecified atom stereocenters. The summed E-state index contributed by atoms with van der Waals surface area (Å²) in [5, 5.41) is 11.2. The average molecular weight is 419 g/mol. The highest BCUT2D eigenvalue weighted by Crippen LogP contribution is 2.38. The van der Waals surface area contributed by atoms with Gasteiger partial charge in [0.05, 0.1) is 6.61 Å². The van der Waals surface area contributed by atoms with Crippen LogP contribution in [0.3, 0.4) is 0 Å². The van der Waals surface area contributed by atoms with E-state index in [2.05, 4.69) is 4.98 Å². The molecule has 4 rings (SSSR count). The van der Waals surface area contributed by atoms with Crippen LogP contribution in [-0.2, 0) is 4.79 Å². The van der Waals surface area contributed by atoms with Gasteiger partial charge >= 0.3 is 5.82 Å². The number of benzene rings is 2. The van der Waals surface area contributed by atoms with E-state index in [1.165, 1.54) is 17.0 Å². The van der Waals surface area contributed by atoms with Crippen molar-refractivity contribution in [2.45, 2.75) is 18.9 Å². The van der Waals surface area contributed by atoms with E-state index in [-0.39, 0.29) is 17.5 Å². The van der Waals surface area contributed by atoms with Crippen molar-refractivity contribution >= 4 is 17.5 Å². The standard InChI is InChI=1S/C23H21N3O5/c27-23-21(17-9-3-1-4-10-17)31-19-13-14-20(26(28)29)24-22(19)25(23)15-7-8-16-30-18-11-5-2-6-12-18/h1-6,9-14,21H,7-8,15-16H2. The zero-order valence-electron chi connectivity index (χ0n) is 16.7. The number of aromatic nitrogens is 1. The Hall–Kier alpha value is -3.94. The van der Waals surface area contributed by atoms with Crippen molar-refractivity contribution in [3.8, 4) is 11.5 Å². The molecule has 0 fully saturated rings. The summed E-state index contributed by atoms with van der Waals surface area (Å²) in [6.45, 7) is 0.852. The first-order valence-electron chi connectivity index (χ1n) is 10.00. The van der Waals surface area contributed by atoms with Crippen molar-refractivity contribution in [1.29, 1.82) is 0 Å². The van der Waals surface area contributed by atoms with Gasteiger partial charge in [0.1, 0.15) is 5.75 Å². The highest BCUT2D eigenvalue weighted by Gasteiger charge is 2.39. The van der Waals surface area contributed by atoms with Crippen LogP contribution in [0, 0.1) is 10.1 Å². The summed E-state index contributed by atoms with van der Waals surface area (Å²) in [5.74, 6) is 0.688. The Kier molecular flexibility index (Phi) is 6.07. The molecular formula is C23H21N3O5. The summed E-state index contributed by atoms with van der Waals surface area (Å²) in [5.41, 5.74) is 0.717. The highest BCUT2D eigenvalue weighted by atomic mass is 16.6. The van der Waals surface area contributed by atoms with Crippen molar-refractivity contribution in [1.82, 2.24) is 4.98 Å². The van der Waals surface area contributed by atoms with Crippen molar-refractivity contribution in [2.24, 2.45) is 0 Å². The van der Waals surface area contributed by atoms with Crippen molar-refractivity contribution in [3.63, 3.8) is 0 Å². The van der Waals surface area contributed by atoms with E-state index in [0.29, 0.717) is 37.3 Å². The predicted molar refractivity (Wildman–Crippen MR) is 114 cm³/mol. The van der Waals surface area contributed by atoms with Gasteiger partial charge in [0.2, 0.25) is 6.10 Å². The molecule has 0 N–H and O–H groups in total. The Balaban J connectivity index is 1.50. The molecule has 1 amide bonds. The monoisotopic (exact) mass is 419 g/mol. The van der Waals surface area contributed by atoms with E-state index in [4.69, 9.17) is 9.47 Å². The second kappa shape index (κ2) is 9.25. The molecule has 8 nitrogen and oxygen atoms in total. The summed E-state index contributed by atoms with van der Waals surface area (Å²) >= 11 is 0. The molecule has 2 aromatic carbocycles. The minimum atomic E-state index is -0.822. The van der Waals surface area contributed by atoms with Crippen LogP contribution in [0.4, 0.5) is 11.6 Å². The number of anilines is 1. The van der Waals surface area contributed by atoms with Gasteiger partial charge in [-0.1, -0.05) is 48.5 Å². The summed E-state index contributed by atoms with van der Waals surface area (Å²) in [6.07, 6.45) is 0.529. The largest absolute Gasteiger partial charge is 0.494 e. The Morgan fingerprint density at radius 3 is 2.42 bits per heavy atom. The molecule has 0 radical (unpaired) electrons. The highest BCUT2D eigenvalue weighted by molar-refractivity contribution is 5.99. The van der Waals surface area contributed by atoms with E-state index in [0.717, 1.165) is 5.75 Å². The van der Waals surface area contributed by atoms with E-state index in [1.807, 2.05) is 60.7 Å². The number of hydrogen-bond donors (Lipinski definition) is 0. The molecule has 0 aliphatic carbocycles. The van der Waals surface area contributed by atoms with Crippen LogP contribution in [0.1, 0.15) is 24.5 Å². The molecule has 3 aromatic rings. The summed E-state index contributed by atoms with van der Waals surface area (Å²) in [4.78, 5) is 29.4.